The van der Waals surface area contributed by atoms with Crippen molar-refractivity contribution < 1.29 is 22.7 Å². The largest absolute Gasteiger partial charge is 0.419 e. The molecule has 2 aromatic carbocycles. The zero-order chi connectivity index (χ0) is 15.6. The minimum atomic E-state index is -4.73. The topological polar surface area (TPSA) is 20.2 Å². The molecular weight excluding hydrogens is 284 g/mol. The Bertz CT molecular complexity index is 634. The first-order chi connectivity index (χ1) is 9.79. The molecule has 0 aliphatic rings. The molecule has 1 unspecified atom stereocenters. The Kier molecular flexibility index (Phi) is 4.32. The highest BCUT2D eigenvalue weighted by Gasteiger charge is 2.34. The SMILES string of the molecule is Cc1ccccc1CC(O)c1ccc(C(F)(F)F)c(F)c1. The van der Waals surface area contributed by atoms with Crippen molar-refractivity contribution in [2.24, 2.45) is 0 Å². The van der Waals surface area contributed by atoms with E-state index in [-0.39, 0.29) is 12.0 Å². The summed E-state index contributed by atoms with van der Waals surface area (Å²) in [6.45, 7) is 1.87. The molecule has 0 aromatic heterocycles. The number of alkyl halides is 3. The first kappa shape index (κ1) is 15.5. The van der Waals surface area contributed by atoms with Gasteiger partial charge >= 0.3 is 6.18 Å². The number of aliphatic hydroxyl groups excluding tert-OH is 1. The summed E-state index contributed by atoms with van der Waals surface area (Å²) in [6, 6.07) is 9.85. The molecule has 112 valence electrons. The molecule has 0 fully saturated rings. The number of hydrogen-bond donors (Lipinski definition) is 1. The fourth-order valence-corrected chi connectivity index (χ4v) is 2.13. The summed E-state index contributed by atoms with van der Waals surface area (Å²) >= 11 is 0. The van der Waals surface area contributed by atoms with Crippen LogP contribution in [0.4, 0.5) is 17.6 Å². The Labute approximate surface area is 119 Å². The van der Waals surface area contributed by atoms with Gasteiger partial charge in [0, 0.05) is 6.42 Å². The van der Waals surface area contributed by atoms with Crippen LogP contribution in [0.2, 0.25) is 0 Å². The molecule has 0 heterocycles. The molecule has 0 amide bonds. The smallest absolute Gasteiger partial charge is 0.388 e. The standard InChI is InChI=1S/C16H14F4O/c1-10-4-2-3-5-11(10)9-15(21)12-6-7-13(14(17)8-12)16(18,19)20/h2-8,15,21H,9H2,1H3. The number of aryl methyl sites for hydroxylation is 1. The first-order valence-electron chi connectivity index (χ1n) is 6.38. The maximum absolute atomic E-state index is 13.5. The van der Waals surface area contributed by atoms with Crippen molar-refractivity contribution in [3.8, 4) is 0 Å². The van der Waals surface area contributed by atoms with Gasteiger partial charge in [0.15, 0.2) is 0 Å². The van der Waals surface area contributed by atoms with E-state index in [0.717, 1.165) is 23.3 Å². The minimum Gasteiger partial charge on any atom is -0.388 e. The molecule has 1 nitrogen and oxygen atoms in total. The van der Waals surface area contributed by atoms with Gasteiger partial charge in [-0.1, -0.05) is 30.3 Å². The molecule has 1 N–H and O–H groups in total. The van der Waals surface area contributed by atoms with Gasteiger partial charge in [0.2, 0.25) is 0 Å². The van der Waals surface area contributed by atoms with E-state index in [4.69, 9.17) is 0 Å². The van der Waals surface area contributed by atoms with Gasteiger partial charge in [-0.05, 0) is 35.7 Å². The molecule has 1 atom stereocenters. The first-order valence-corrected chi connectivity index (χ1v) is 6.38. The van der Waals surface area contributed by atoms with E-state index in [1.54, 1.807) is 0 Å². The molecule has 5 heteroatoms. The van der Waals surface area contributed by atoms with Crippen LogP contribution in [0.3, 0.4) is 0 Å². The van der Waals surface area contributed by atoms with Gasteiger partial charge in [-0.2, -0.15) is 13.2 Å². The highest BCUT2D eigenvalue weighted by atomic mass is 19.4. The van der Waals surface area contributed by atoms with Crippen LogP contribution >= 0.6 is 0 Å². The van der Waals surface area contributed by atoms with Gasteiger partial charge in [-0.3, -0.25) is 0 Å². The van der Waals surface area contributed by atoms with E-state index in [1.165, 1.54) is 0 Å². The summed E-state index contributed by atoms with van der Waals surface area (Å²) in [5.41, 5.74) is 0.632. The fourth-order valence-electron chi connectivity index (χ4n) is 2.13. The van der Waals surface area contributed by atoms with Crippen LogP contribution in [-0.2, 0) is 12.6 Å². The average molecular weight is 298 g/mol. The summed E-state index contributed by atoms with van der Waals surface area (Å²) in [6.07, 6.45) is -5.57. The van der Waals surface area contributed by atoms with Crippen LogP contribution in [0, 0.1) is 12.7 Å². The Morgan fingerprint density at radius 3 is 2.33 bits per heavy atom. The molecular formula is C16H14F4O. The van der Waals surface area contributed by atoms with Crippen molar-refractivity contribution >= 4 is 0 Å². The summed E-state index contributed by atoms with van der Waals surface area (Å²) in [5, 5.41) is 10.1. The maximum atomic E-state index is 13.5. The zero-order valence-corrected chi connectivity index (χ0v) is 11.3. The van der Waals surface area contributed by atoms with Crippen molar-refractivity contribution in [2.75, 3.05) is 0 Å². The quantitative estimate of drug-likeness (QED) is 0.831. The van der Waals surface area contributed by atoms with E-state index in [1.807, 2.05) is 31.2 Å². The van der Waals surface area contributed by atoms with Crippen molar-refractivity contribution in [3.63, 3.8) is 0 Å². The van der Waals surface area contributed by atoms with Gasteiger partial charge in [-0.15, -0.1) is 0 Å². The lowest BCUT2D eigenvalue weighted by molar-refractivity contribution is -0.140. The summed E-state index contributed by atoms with van der Waals surface area (Å²) in [7, 11) is 0. The van der Waals surface area contributed by atoms with Crippen LogP contribution < -0.4 is 0 Å². The van der Waals surface area contributed by atoms with Crippen molar-refractivity contribution in [1.82, 2.24) is 0 Å². The van der Waals surface area contributed by atoms with Crippen LogP contribution in [0.1, 0.15) is 28.4 Å². The Morgan fingerprint density at radius 2 is 1.76 bits per heavy atom. The predicted octanol–water partition coefficient (Wildman–Crippen LogP) is 4.43. The van der Waals surface area contributed by atoms with Crippen molar-refractivity contribution in [2.45, 2.75) is 25.6 Å². The summed E-state index contributed by atoms with van der Waals surface area (Å²) in [4.78, 5) is 0. The Balaban J connectivity index is 2.23. The monoisotopic (exact) mass is 298 g/mol. The number of hydrogen-bond acceptors (Lipinski definition) is 1. The van der Waals surface area contributed by atoms with Crippen LogP contribution in [0.15, 0.2) is 42.5 Å². The number of aliphatic hydroxyl groups is 1. The van der Waals surface area contributed by atoms with E-state index in [9.17, 15) is 22.7 Å². The third-order valence-corrected chi connectivity index (χ3v) is 3.36. The van der Waals surface area contributed by atoms with Gasteiger partial charge < -0.3 is 5.11 Å². The third kappa shape index (κ3) is 3.61. The molecule has 0 aliphatic carbocycles. The number of halogens is 4. The normalized spacial score (nSPS) is 13.2. The van der Waals surface area contributed by atoms with Crippen molar-refractivity contribution in [1.29, 1.82) is 0 Å². The lowest BCUT2D eigenvalue weighted by Gasteiger charge is -2.15. The maximum Gasteiger partial charge on any atom is 0.419 e. The molecule has 0 aliphatic heterocycles. The van der Waals surface area contributed by atoms with Crippen LogP contribution in [-0.4, -0.2) is 5.11 Å². The van der Waals surface area contributed by atoms with Gasteiger partial charge in [-0.25, -0.2) is 4.39 Å². The van der Waals surface area contributed by atoms with E-state index in [2.05, 4.69) is 0 Å². The molecule has 0 saturated carbocycles. The Morgan fingerprint density at radius 1 is 1.10 bits per heavy atom. The third-order valence-electron chi connectivity index (χ3n) is 3.36. The van der Waals surface area contributed by atoms with Gasteiger partial charge in [0.1, 0.15) is 5.82 Å². The second-order valence-corrected chi connectivity index (χ2v) is 4.88. The predicted molar refractivity (Wildman–Crippen MR) is 71.2 cm³/mol. The number of rotatable bonds is 3. The van der Waals surface area contributed by atoms with E-state index in [0.29, 0.717) is 6.07 Å². The van der Waals surface area contributed by atoms with Gasteiger partial charge in [0.05, 0.1) is 11.7 Å². The highest BCUT2D eigenvalue weighted by molar-refractivity contribution is 5.31. The second-order valence-electron chi connectivity index (χ2n) is 4.88. The molecule has 0 bridgehead atoms. The minimum absolute atomic E-state index is 0.128. The van der Waals surface area contributed by atoms with Crippen LogP contribution in [0.5, 0.6) is 0 Å². The number of benzene rings is 2. The molecule has 2 rings (SSSR count). The molecule has 0 radical (unpaired) electrons. The van der Waals surface area contributed by atoms with E-state index < -0.39 is 23.7 Å². The lowest BCUT2D eigenvalue weighted by atomic mass is 9.97. The van der Waals surface area contributed by atoms with Crippen molar-refractivity contribution in [3.05, 3.63) is 70.5 Å². The van der Waals surface area contributed by atoms with E-state index >= 15 is 0 Å². The Hall–Kier alpha value is -1.88. The highest BCUT2D eigenvalue weighted by Crippen LogP contribution is 2.33. The second kappa shape index (κ2) is 5.85. The molecule has 21 heavy (non-hydrogen) atoms. The molecule has 0 spiro atoms. The molecule has 0 saturated heterocycles. The van der Waals surface area contributed by atoms with Crippen LogP contribution in [0.25, 0.3) is 0 Å². The molecule has 2 aromatic rings. The average Bonchev–Trinajstić information content (AvgIpc) is 2.39. The fraction of sp³-hybridized carbons (Fsp3) is 0.250. The summed E-state index contributed by atoms with van der Waals surface area (Å²) in [5.74, 6) is -1.37. The lowest BCUT2D eigenvalue weighted by Crippen LogP contribution is -2.10. The van der Waals surface area contributed by atoms with Gasteiger partial charge in [0.25, 0.3) is 0 Å². The summed E-state index contributed by atoms with van der Waals surface area (Å²) < 4.78 is 50.9. The zero-order valence-electron chi connectivity index (χ0n) is 11.3.